The highest BCUT2D eigenvalue weighted by Gasteiger charge is 2.21. The number of hydrogen-bond acceptors (Lipinski definition) is 6. The number of aromatic nitrogens is 5. The monoisotopic (exact) mass is 382 g/mol. The third-order valence-electron chi connectivity index (χ3n) is 3.95. The number of anilines is 2. The minimum atomic E-state index is -0.896. The molecule has 0 saturated carbocycles. The minimum absolute atomic E-state index is 0.114. The number of halogens is 2. The van der Waals surface area contributed by atoms with Crippen molar-refractivity contribution in [1.29, 1.82) is 0 Å². The molecule has 4 heterocycles. The Hall–Kier alpha value is -3.39. The Bertz CT molecular complexity index is 1160. The normalized spacial score (nSPS) is 10.9. The predicted octanol–water partition coefficient (Wildman–Crippen LogP) is 3.82. The molecule has 0 saturated heterocycles. The van der Waals surface area contributed by atoms with E-state index < -0.39 is 11.7 Å². The highest BCUT2D eigenvalue weighted by Crippen LogP contribution is 2.26. The largest absolute Gasteiger partial charge is 0.345 e. The molecule has 7 nitrogen and oxygen atoms in total. The van der Waals surface area contributed by atoms with E-state index >= 15 is 0 Å². The van der Waals surface area contributed by atoms with E-state index in [1.54, 1.807) is 12.3 Å². The first-order chi connectivity index (χ1) is 13.0. The maximum Gasteiger partial charge on any atom is 0.226 e. The van der Waals surface area contributed by atoms with Crippen LogP contribution in [0, 0.1) is 12.9 Å². The van der Waals surface area contributed by atoms with Gasteiger partial charge < -0.3 is 10.3 Å². The zero-order chi connectivity index (χ0) is 19.0. The number of nitrogens with one attached hydrogen (secondary N) is 2. The smallest absolute Gasteiger partial charge is 0.226 e. The lowest BCUT2D eigenvalue weighted by Gasteiger charge is -2.07. The first kappa shape index (κ1) is 17.0. The molecule has 0 fully saturated rings. The van der Waals surface area contributed by atoms with Gasteiger partial charge in [0.2, 0.25) is 5.95 Å². The molecule has 0 atom stereocenters. The van der Waals surface area contributed by atoms with Crippen molar-refractivity contribution in [3.8, 4) is 0 Å². The van der Waals surface area contributed by atoms with Gasteiger partial charge in [0, 0.05) is 11.9 Å². The van der Waals surface area contributed by atoms with Crippen LogP contribution in [-0.2, 0) is 0 Å². The number of carbonyl (C=O) groups excluding carboxylic acids is 1. The molecule has 0 spiro atoms. The Morgan fingerprint density at radius 2 is 2.00 bits per heavy atom. The third-order valence-corrected chi connectivity index (χ3v) is 4.23. The van der Waals surface area contributed by atoms with Gasteiger partial charge in [-0.05, 0) is 31.2 Å². The Balaban J connectivity index is 1.65. The molecule has 134 valence electrons. The second kappa shape index (κ2) is 6.73. The molecule has 4 aromatic heterocycles. The van der Waals surface area contributed by atoms with Crippen molar-refractivity contribution in [3.63, 3.8) is 0 Å². The first-order valence-corrected chi connectivity index (χ1v) is 8.29. The molecule has 4 rings (SSSR count). The van der Waals surface area contributed by atoms with Crippen LogP contribution in [0.2, 0.25) is 5.15 Å². The van der Waals surface area contributed by atoms with Crippen LogP contribution in [0.5, 0.6) is 0 Å². The van der Waals surface area contributed by atoms with Gasteiger partial charge in [0.1, 0.15) is 22.9 Å². The van der Waals surface area contributed by atoms with Gasteiger partial charge in [-0.2, -0.15) is 4.39 Å². The number of nitrogens with zero attached hydrogens (tertiary/aromatic N) is 4. The number of fused-ring (bicyclic) bond motifs is 1. The molecule has 0 aliphatic heterocycles. The fraction of sp³-hybridized carbons (Fsp3) is 0.0556. The second-order valence-electron chi connectivity index (χ2n) is 5.77. The van der Waals surface area contributed by atoms with Crippen molar-refractivity contribution in [2.45, 2.75) is 6.92 Å². The van der Waals surface area contributed by atoms with E-state index in [0.29, 0.717) is 16.7 Å². The molecule has 0 aliphatic rings. The van der Waals surface area contributed by atoms with Gasteiger partial charge in [-0.15, -0.1) is 0 Å². The molecule has 9 heteroatoms. The molecule has 0 amide bonds. The summed E-state index contributed by atoms with van der Waals surface area (Å²) in [4.78, 5) is 31.4. The van der Waals surface area contributed by atoms with E-state index in [1.807, 2.05) is 13.0 Å². The number of H-pyrrole nitrogens is 1. The van der Waals surface area contributed by atoms with Crippen molar-refractivity contribution >= 4 is 39.9 Å². The molecule has 0 unspecified atom stereocenters. The van der Waals surface area contributed by atoms with Gasteiger partial charge in [0.25, 0.3) is 0 Å². The van der Waals surface area contributed by atoms with Crippen LogP contribution in [0.15, 0.2) is 43.0 Å². The van der Waals surface area contributed by atoms with Gasteiger partial charge in [0.15, 0.2) is 5.78 Å². The molecule has 2 N–H and O–H groups in total. The first-order valence-electron chi connectivity index (χ1n) is 7.91. The number of ketones is 1. The topological polar surface area (TPSA) is 96.5 Å². The fourth-order valence-corrected chi connectivity index (χ4v) is 2.85. The van der Waals surface area contributed by atoms with E-state index in [-0.39, 0.29) is 22.1 Å². The summed E-state index contributed by atoms with van der Waals surface area (Å²) in [6, 6.07) is 6.50. The Morgan fingerprint density at radius 3 is 2.74 bits per heavy atom. The van der Waals surface area contributed by atoms with Crippen LogP contribution in [-0.4, -0.2) is 30.7 Å². The number of hydrogen-bond donors (Lipinski definition) is 2. The molecule has 4 aromatic rings. The van der Waals surface area contributed by atoms with Crippen molar-refractivity contribution in [2.24, 2.45) is 0 Å². The average Bonchev–Trinajstić information content (AvgIpc) is 3.09. The summed E-state index contributed by atoms with van der Waals surface area (Å²) in [6.07, 6.45) is 4.32. The van der Waals surface area contributed by atoms with E-state index in [4.69, 9.17) is 11.6 Å². The molecule has 27 heavy (non-hydrogen) atoms. The summed E-state index contributed by atoms with van der Waals surface area (Å²) in [5, 5.41) is 3.40. The molecule has 0 aromatic carbocycles. The maximum absolute atomic E-state index is 14.5. The van der Waals surface area contributed by atoms with E-state index in [1.165, 1.54) is 24.7 Å². The lowest BCUT2D eigenvalue weighted by atomic mass is 10.1. The summed E-state index contributed by atoms with van der Waals surface area (Å²) in [5.74, 6) is -1.20. The third kappa shape index (κ3) is 3.22. The van der Waals surface area contributed by atoms with Crippen LogP contribution in [0.1, 0.15) is 21.6 Å². The van der Waals surface area contributed by atoms with Crippen LogP contribution < -0.4 is 5.32 Å². The lowest BCUT2D eigenvalue weighted by molar-refractivity contribution is 0.103. The fourth-order valence-electron chi connectivity index (χ4n) is 2.61. The average molecular weight is 383 g/mol. The second-order valence-corrected chi connectivity index (χ2v) is 6.13. The van der Waals surface area contributed by atoms with Crippen molar-refractivity contribution < 1.29 is 9.18 Å². The van der Waals surface area contributed by atoms with E-state index in [9.17, 15) is 9.18 Å². The van der Waals surface area contributed by atoms with Gasteiger partial charge in [-0.25, -0.2) is 15.0 Å². The summed E-state index contributed by atoms with van der Waals surface area (Å²) in [6.45, 7) is 1.87. The van der Waals surface area contributed by atoms with Gasteiger partial charge >= 0.3 is 0 Å². The van der Waals surface area contributed by atoms with Crippen LogP contribution >= 0.6 is 11.6 Å². The van der Waals surface area contributed by atoms with Crippen LogP contribution in [0.3, 0.4) is 0 Å². The highest BCUT2D eigenvalue weighted by atomic mass is 35.5. The van der Waals surface area contributed by atoms with E-state index in [0.717, 1.165) is 5.69 Å². The summed E-state index contributed by atoms with van der Waals surface area (Å²) in [7, 11) is 0. The van der Waals surface area contributed by atoms with Gasteiger partial charge in [-0.3, -0.25) is 9.78 Å². The molecular weight excluding hydrogens is 371 g/mol. The number of aromatic amines is 1. The van der Waals surface area contributed by atoms with Crippen molar-refractivity contribution in [1.82, 2.24) is 24.9 Å². The summed E-state index contributed by atoms with van der Waals surface area (Å²) < 4.78 is 14.5. The van der Waals surface area contributed by atoms with Gasteiger partial charge in [0.05, 0.1) is 28.4 Å². The zero-order valence-electron chi connectivity index (χ0n) is 14.0. The highest BCUT2D eigenvalue weighted by molar-refractivity contribution is 6.36. The maximum atomic E-state index is 14.5. The Labute approximate surface area is 157 Å². The van der Waals surface area contributed by atoms with E-state index in [2.05, 4.69) is 30.2 Å². The van der Waals surface area contributed by atoms with Gasteiger partial charge in [-0.1, -0.05) is 11.6 Å². The lowest BCUT2D eigenvalue weighted by Crippen LogP contribution is -2.07. The van der Waals surface area contributed by atoms with Crippen molar-refractivity contribution in [2.75, 3.05) is 5.32 Å². The summed E-state index contributed by atoms with van der Waals surface area (Å²) >= 11 is 6.05. The molecule has 0 aliphatic carbocycles. The zero-order valence-corrected chi connectivity index (χ0v) is 14.8. The number of rotatable bonds is 4. The van der Waals surface area contributed by atoms with Crippen LogP contribution in [0.25, 0.3) is 11.0 Å². The molecular formula is C18H12ClFN6O. The number of pyridine rings is 2. The summed E-state index contributed by atoms with van der Waals surface area (Å²) in [5.41, 5.74) is 1.93. The SMILES string of the molecule is Cc1ccc(Nc2ccc(C(=O)c3c[nH]c4ncnc(Cl)c34)c(F)n2)cn1. The van der Waals surface area contributed by atoms with Crippen LogP contribution in [0.4, 0.5) is 15.9 Å². The Morgan fingerprint density at radius 1 is 1.15 bits per heavy atom. The standard InChI is InChI=1S/C18H12ClFN6O/c1-9-2-3-10(6-21-9)25-13-5-4-11(17(20)26-13)15(27)12-7-22-18-14(12)16(19)23-8-24-18/h2-8H,1H3,(H,25,26)(H,22,23,24). The predicted molar refractivity (Wildman–Crippen MR) is 98.8 cm³/mol. The molecule has 0 radical (unpaired) electrons. The Kier molecular flexibility index (Phi) is 4.25. The quantitative estimate of drug-likeness (QED) is 0.316. The number of carbonyl (C=O) groups is 1. The number of aryl methyl sites for hydroxylation is 1. The molecule has 0 bridgehead atoms. The minimum Gasteiger partial charge on any atom is -0.345 e. The van der Waals surface area contributed by atoms with Crippen molar-refractivity contribution in [3.05, 3.63) is 70.9 Å².